The maximum absolute atomic E-state index is 12.4. The van der Waals surface area contributed by atoms with Gasteiger partial charge in [0, 0.05) is 10.6 Å². The van der Waals surface area contributed by atoms with Crippen LogP contribution in [0.2, 0.25) is 0 Å². The van der Waals surface area contributed by atoms with Crippen molar-refractivity contribution < 1.29 is 9.53 Å². The molecule has 1 heterocycles. The Morgan fingerprint density at radius 2 is 1.92 bits per heavy atom. The fourth-order valence-corrected chi connectivity index (χ4v) is 4.88. The van der Waals surface area contributed by atoms with Crippen molar-refractivity contribution in [1.82, 2.24) is 0 Å². The van der Waals surface area contributed by atoms with E-state index in [1.54, 1.807) is 11.3 Å². The van der Waals surface area contributed by atoms with Gasteiger partial charge in [-0.25, -0.2) is 4.79 Å². The van der Waals surface area contributed by atoms with E-state index < -0.39 is 0 Å². The summed E-state index contributed by atoms with van der Waals surface area (Å²) >= 11 is 7.10. The second-order valence-corrected chi connectivity index (χ2v) is 8.08. The number of benzene rings is 1. The van der Waals surface area contributed by atoms with Gasteiger partial charge < -0.3 is 15.4 Å². The Morgan fingerprint density at radius 3 is 2.65 bits per heavy atom. The molecule has 0 radical (unpaired) electrons. The van der Waals surface area contributed by atoms with Crippen LogP contribution in [0.15, 0.2) is 24.3 Å². The number of hydrogen-bond acceptors (Lipinski definition) is 4. The van der Waals surface area contributed by atoms with Gasteiger partial charge in [0.05, 0.1) is 12.7 Å². The van der Waals surface area contributed by atoms with Gasteiger partial charge in [-0.2, -0.15) is 0 Å². The minimum Gasteiger partial charge on any atom is -0.465 e. The summed E-state index contributed by atoms with van der Waals surface area (Å²) in [6.07, 6.45) is 6.69. The molecule has 6 heteroatoms. The first-order valence-corrected chi connectivity index (χ1v) is 10.2. The molecule has 4 nitrogen and oxygen atoms in total. The molecular weight excluding hydrogens is 364 g/mol. The van der Waals surface area contributed by atoms with Crippen molar-refractivity contribution in [3.05, 3.63) is 45.8 Å². The topological polar surface area (TPSA) is 50.4 Å². The highest BCUT2D eigenvalue weighted by atomic mass is 32.1. The minimum atomic E-state index is -0.288. The van der Waals surface area contributed by atoms with E-state index in [2.05, 4.69) is 10.6 Å². The normalized spacial score (nSPS) is 13.9. The van der Waals surface area contributed by atoms with Gasteiger partial charge in [-0.1, -0.05) is 25.0 Å². The zero-order chi connectivity index (χ0) is 18.5. The summed E-state index contributed by atoms with van der Waals surface area (Å²) in [6, 6.07) is 8.02. The second-order valence-electron chi connectivity index (χ2n) is 6.56. The molecular formula is C20H24N2O2S2. The molecule has 0 saturated heterocycles. The third kappa shape index (κ3) is 4.43. The molecule has 0 fully saturated rings. The lowest BCUT2D eigenvalue weighted by molar-refractivity contribution is 0.0601. The molecule has 0 aliphatic heterocycles. The Hall–Kier alpha value is -1.92. The van der Waals surface area contributed by atoms with Crippen LogP contribution >= 0.6 is 23.6 Å². The van der Waals surface area contributed by atoms with Crippen LogP contribution in [0.25, 0.3) is 0 Å². The number of hydrogen-bond donors (Lipinski definition) is 2. The Morgan fingerprint density at radius 1 is 1.15 bits per heavy atom. The van der Waals surface area contributed by atoms with E-state index in [1.165, 1.54) is 31.2 Å². The van der Waals surface area contributed by atoms with Gasteiger partial charge in [-0.05, 0) is 68.1 Å². The minimum absolute atomic E-state index is 0.288. The smallest absolute Gasteiger partial charge is 0.341 e. The number of ether oxygens (including phenoxy) is 1. The van der Waals surface area contributed by atoms with E-state index in [9.17, 15) is 4.79 Å². The summed E-state index contributed by atoms with van der Waals surface area (Å²) in [7, 11) is 1.43. The van der Waals surface area contributed by atoms with E-state index in [-0.39, 0.29) is 5.97 Å². The van der Waals surface area contributed by atoms with Gasteiger partial charge >= 0.3 is 5.97 Å². The van der Waals surface area contributed by atoms with Crippen LogP contribution in [-0.2, 0) is 17.6 Å². The quantitative estimate of drug-likeness (QED) is 0.551. The van der Waals surface area contributed by atoms with Crippen molar-refractivity contribution in [2.45, 2.75) is 45.4 Å². The summed E-state index contributed by atoms with van der Waals surface area (Å²) in [4.78, 5) is 13.7. The third-order valence-electron chi connectivity index (χ3n) is 4.56. The average Bonchev–Trinajstić information content (AvgIpc) is 2.90. The summed E-state index contributed by atoms with van der Waals surface area (Å²) in [5.41, 5.74) is 3.88. The Bertz CT molecular complexity index is 814. The fraction of sp³-hybridized carbons (Fsp3) is 0.400. The van der Waals surface area contributed by atoms with Crippen LogP contribution in [0, 0.1) is 6.92 Å². The fourth-order valence-electron chi connectivity index (χ4n) is 3.31. The molecule has 1 aromatic heterocycles. The number of carbonyl (C=O) groups is 1. The van der Waals surface area contributed by atoms with E-state index in [0.29, 0.717) is 10.7 Å². The van der Waals surface area contributed by atoms with Gasteiger partial charge in [0.25, 0.3) is 0 Å². The van der Waals surface area contributed by atoms with Crippen LogP contribution in [0.1, 0.15) is 52.0 Å². The van der Waals surface area contributed by atoms with Gasteiger partial charge in [0.1, 0.15) is 5.00 Å². The molecule has 2 aromatic rings. The molecule has 2 N–H and O–H groups in total. The van der Waals surface area contributed by atoms with Crippen molar-refractivity contribution >= 4 is 45.3 Å². The van der Waals surface area contributed by atoms with Gasteiger partial charge in [0.2, 0.25) is 0 Å². The van der Waals surface area contributed by atoms with E-state index in [1.807, 2.05) is 31.2 Å². The summed E-state index contributed by atoms with van der Waals surface area (Å²) < 4.78 is 5.05. The number of rotatable bonds is 3. The number of thiophene rings is 1. The van der Waals surface area contributed by atoms with Gasteiger partial charge in [-0.3, -0.25) is 0 Å². The molecule has 138 valence electrons. The standard InChI is InChI=1S/C20H24N2O2S2/c1-13-8-7-9-14(12-13)21-20(25)22-18-17(19(23)24-2)15-10-5-3-4-6-11-16(15)26-18/h7-9,12H,3-6,10-11H2,1-2H3,(H2,21,22,25). The highest BCUT2D eigenvalue weighted by Gasteiger charge is 2.25. The number of nitrogens with one attached hydrogen (secondary N) is 2. The predicted octanol–water partition coefficient (Wildman–Crippen LogP) is 5.31. The zero-order valence-corrected chi connectivity index (χ0v) is 16.8. The van der Waals surface area contributed by atoms with Crippen molar-refractivity contribution in [3.8, 4) is 0 Å². The highest BCUT2D eigenvalue weighted by molar-refractivity contribution is 7.80. The van der Waals surface area contributed by atoms with Gasteiger partial charge in [-0.15, -0.1) is 11.3 Å². The van der Waals surface area contributed by atoms with Crippen LogP contribution < -0.4 is 10.6 Å². The average molecular weight is 389 g/mol. The first-order chi connectivity index (χ1) is 12.6. The summed E-state index contributed by atoms with van der Waals surface area (Å²) in [6.45, 7) is 2.04. The molecule has 0 amide bonds. The highest BCUT2D eigenvalue weighted by Crippen LogP contribution is 2.37. The number of thiocarbonyl (C=S) groups is 1. The zero-order valence-electron chi connectivity index (χ0n) is 15.2. The van der Waals surface area contributed by atoms with Crippen LogP contribution in [-0.4, -0.2) is 18.2 Å². The monoisotopic (exact) mass is 388 g/mol. The molecule has 0 unspecified atom stereocenters. The number of carbonyl (C=O) groups excluding carboxylic acids is 1. The van der Waals surface area contributed by atoms with Crippen LogP contribution in [0.4, 0.5) is 10.7 Å². The molecule has 3 rings (SSSR count). The van der Waals surface area contributed by atoms with Crippen LogP contribution in [0.5, 0.6) is 0 Å². The number of methoxy groups -OCH3 is 1. The number of aryl methyl sites for hydroxylation is 2. The van der Waals surface area contributed by atoms with E-state index in [4.69, 9.17) is 17.0 Å². The Kier molecular flexibility index (Phi) is 6.27. The largest absolute Gasteiger partial charge is 0.465 e. The van der Waals surface area contributed by atoms with Crippen molar-refractivity contribution in [3.63, 3.8) is 0 Å². The van der Waals surface area contributed by atoms with E-state index in [0.717, 1.165) is 41.1 Å². The third-order valence-corrected chi connectivity index (χ3v) is 5.98. The van der Waals surface area contributed by atoms with Gasteiger partial charge in [0.15, 0.2) is 5.11 Å². The Labute approximate surface area is 164 Å². The van der Waals surface area contributed by atoms with Crippen molar-refractivity contribution in [1.29, 1.82) is 0 Å². The van der Waals surface area contributed by atoms with E-state index >= 15 is 0 Å². The molecule has 1 aliphatic rings. The van der Waals surface area contributed by atoms with Crippen molar-refractivity contribution in [2.75, 3.05) is 17.7 Å². The molecule has 26 heavy (non-hydrogen) atoms. The second kappa shape index (κ2) is 8.64. The number of fused-ring (bicyclic) bond motifs is 1. The lowest BCUT2D eigenvalue weighted by atomic mass is 9.96. The molecule has 0 spiro atoms. The molecule has 0 atom stereocenters. The predicted molar refractivity (Wildman–Crippen MR) is 113 cm³/mol. The summed E-state index contributed by atoms with van der Waals surface area (Å²) in [5.74, 6) is -0.288. The SMILES string of the molecule is COC(=O)c1c(NC(=S)Nc2cccc(C)c2)sc2c1CCCCCC2. The first-order valence-electron chi connectivity index (χ1n) is 8.96. The maximum Gasteiger partial charge on any atom is 0.341 e. The Balaban J connectivity index is 1.85. The van der Waals surface area contributed by atoms with Crippen LogP contribution in [0.3, 0.4) is 0 Å². The molecule has 0 saturated carbocycles. The maximum atomic E-state index is 12.4. The molecule has 1 aromatic carbocycles. The first kappa shape index (κ1) is 18.9. The lowest BCUT2D eigenvalue weighted by Gasteiger charge is -2.12. The summed E-state index contributed by atoms with van der Waals surface area (Å²) in [5, 5.41) is 7.69. The number of anilines is 2. The van der Waals surface area contributed by atoms with Crippen molar-refractivity contribution in [2.24, 2.45) is 0 Å². The lowest BCUT2D eigenvalue weighted by Crippen LogP contribution is -2.20. The molecule has 1 aliphatic carbocycles. The number of esters is 1. The molecule has 0 bridgehead atoms.